The third-order valence-electron chi connectivity index (χ3n) is 3.47. The Balaban J connectivity index is 2.09. The lowest BCUT2D eigenvalue weighted by molar-refractivity contribution is 0.356. The van der Waals surface area contributed by atoms with Crippen molar-refractivity contribution in [3.05, 3.63) is 18.0 Å². The molecular weight excluding hydrogens is 216 g/mol. The molecule has 0 amide bonds. The molecule has 0 radical (unpaired) electrons. The summed E-state index contributed by atoms with van der Waals surface area (Å²) < 4.78 is 10.5. The third-order valence-corrected chi connectivity index (χ3v) is 3.47. The van der Waals surface area contributed by atoms with Gasteiger partial charge >= 0.3 is 0 Å². The highest BCUT2D eigenvalue weighted by Gasteiger charge is 2.36. The summed E-state index contributed by atoms with van der Waals surface area (Å²) in [6.07, 6.45) is 1.23. The van der Waals surface area contributed by atoms with Crippen LogP contribution in [0.4, 0.5) is 0 Å². The summed E-state index contributed by atoms with van der Waals surface area (Å²) in [6, 6.07) is 3.86. The van der Waals surface area contributed by atoms with Crippen molar-refractivity contribution >= 4 is 11.0 Å². The second kappa shape index (κ2) is 3.65. The molecule has 1 aliphatic rings. The molecule has 2 aromatic rings. The molecule has 90 valence electrons. The lowest BCUT2D eigenvalue weighted by atomic mass is 10.3. The van der Waals surface area contributed by atoms with Crippen molar-refractivity contribution in [3.63, 3.8) is 0 Å². The standard InChI is InChI=1S/C13H16N2O2/c1-7-4-8(7)13-14-9-5-11(16-2)12(17-3)6-10(9)15-13/h5-8H,4H2,1-3H3,(H,14,15). The minimum absolute atomic E-state index is 0.597. The Kier molecular flexibility index (Phi) is 2.24. The first-order chi connectivity index (χ1) is 8.22. The summed E-state index contributed by atoms with van der Waals surface area (Å²) in [5, 5.41) is 0. The molecule has 2 atom stereocenters. The van der Waals surface area contributed by atoms with Crippen LogP contribution in [0.25, 0.3) is 11.0 Å². The molecule has 0 spiro atoms. The van der Waals surface area contributed by atoms with E-state index in [0.717, 1.165) is 34.3 Å². The van der Waals surface area contributed by atoms with Gasteiger partial charge < -0.3 is 14.5 Å². The fourth-order valence-electron chi connectivity index (χ4n) is 2.24. The molecule has 4 heteroatoms. The number of imidazole rings is 1. The van der Waals surface area contributed by atoms with Gasteiger partial charge in [-0.1, -0.05) is 6.92 Å². The van der Waals surface area contributed by atoms with Gasteiger partial charge in [0.25, 0.3) is 0 Å². The Morgan fingerprint density at radius 3 is 2.47 bits per heavy atom. The van der Waals surface area contributed by atoms with Gasteiger partial charge in [0.15, 0.2) is 11.5 Å². The fourth-order valence-corrected chi connectivity index (χ4v) is 2.24. The van der Waals surface area contributed by atoms with Crippen LogP contribution in [0.1, 0.15) is 25.1 Å². The Bertz CT molecular complexity index is 521. The number of H-pyrrole nitrogens is 1. The molecule has 4 nitrogen and oxygen atoms in total. The van der Waals surface area contributed by atoms with E-state index >= 15 is 0 Å². The number of rotatable bonds is 3. The van der Waals surface area contributed by atoms with Crippen LogP contribution in [0.15, 0.2) is 12.1 Å². The molecule has 2 unspecified atom stereocenters. The van der Waals surface area contributed by atoms with Crippen molar-refractivity contribution in [2.24, 2.45) is 5.92 Å². The molecule has 0 aliphatic heterocycles. The Hall–Kier alpha value is -1.71. The predicted octanol–water partition coefficient (Wildman–Crippen LogP) is 2.70. The first-order valence-corrected chi connectivity index (χ1v) is 5.84. The summed E-state index contributed by atoms with van der Waals surface area (Å²) in [7, 11) is 3.28. The second-order valence-corrected chi connectivity index (χ2v) is 4.67. The summed E-state index contributed by atoms with van der Waals surface area (Å²) in [6.45, 7) is 2.25. The number of nitrogens with zero attached hydrogens (tertiary/aromatic N) is 1. The first kappa shape index (κ1) is 10.4. The lowest BCUT2D eigenvalue weighted by Crippen LogP contribution is -1.89. The summed E-state index contributed by atoms with van der Waals surface area (Å²) >= 11 is 0. The molecule has 1 aliphatic carbocycles. The normalized spacial score (nSPS) is 22.8. The monoisotopic (exact) mass is 232 g/mol. The molecule has 0 saturated heterocycles. The van der Waals surface area contributed by atoms with Gasteiger partial charge in [-0.25, -0.2) is 4.98 Å². The van der Waals surface area contributed by atoms with Gasteiger partial charge in [-0.3, -0.25) is 0 Å². The van der Waals surface area contributed by atoms with Gasteiger partial charge in [0, 0.05) is 18.1 Å². The van der Waals surface area contributed by atoms with Gasteiger partial charge in [-0.2, -0.15) is 0 Å². The van der Waals surface area contributed by atoms with E-state index in [9.17, 15) is 0 Å². The van der Waals surface area contributed by atoms with Crippen molar-refractivity contribution in [1.82, 2.24) is 9.97 Å². The Morgan fingerprint density at radius 2 is 1.88 bits per heavy atom. The third kappa shape index (κ3) is 1.64. The largest absolute Gasteiger partial charge is 0.493 e. The number of aromatic nitrogens is 2. The number of hydrogen-bond donors (Lipinski definition) is 1. The molecule has 17 heavy (non-hydrogen) atoms. The van der Waals surface area contributed by atoms with Crippen molar-refractivity contribution in [1.29, 1.82) is 0 Å². The van der Waals surface area contributed by atoms with E-state index in [0.29, 0.717) is 5.92 Å². The van der Waals surface area contributed by atoms with E-state index in [2.05, 4.69) is 16.9 Å². The zero-order chi connectivity index (χ0) is 12.0. The zero-order valence-electron chi connectivity index (χ0n) is 10.3. The van der Waals surface area contributed by atoms with Crippen LogP contribution in [0.2, 0.25) is 0 Å². The van der Waals surface area contributed by atoms with Crippen molar-refractivity contribution in [3.8, 4) is 11.5 Å². The second-order valence-electron chi connectivity index (χ2n) is 4.67. The highest BCUT2D eigenvalue weighted by Crippen LogP contribution is 2.46. The topological polar surface area (TPSA) is 47.1 Å². The lowest BCUT2D eigenvalue weighted by Gasteiger charge is -2.06. The molecule has 1 aromatic heterocycles. The molecule has 3 rings (SSSR count). The van der Waals surface area contributed by atoms with Crippen LogP contribution < -0.4 is 9.47 Å². The predicted molar refractivity (Wildman–Crippen MR) is 65.7 cm³/mol. The highest BCUT2D eigenvalue weighted by atomic mass is 16.5. The van der Waals surface area contributed by atoms with E-state index in [-0.39, 0.29) is 0 Å². The molecule has 1 heterocycles. The zero-order valence-corrected chi connectivity index (χ0v) is 10.3. The summed E-state index contributed by atoms with van der Waals surface area (Å²) in [5.74, 6) is 3.89. The van der Waals surface area contributed by atoms with Gasteiger partial charge in [0.05, 0.1) is 25.3 Å². The minimum atomic E-state index is 0.597. The summed E-state index contributed by atoms with van der Waals surface area (Å²) in [5.41, 5.74) is 1.95. The van der Waals surface area contributed by atoms with Crippen LogP contribution >= 0.6 is 0 Å². The van der Waals surface area contributed by atoms with Crippen molar-refractivity contribution in [2.75, 3.05) is 14.2 Å². The van der Waals surface area contributed by atoms with E-state index in [1.165, 1.54) is 6.42 Å². The quantitative estimate of drug-likeness (QED) is 0.885. The van der Waals surface area contributed by atoms with E-state index in [1.807, 2.05) is 12.1 Å². The average molecular weight is 232 g/mol. The molecule has 1 N–H and O–H groups in total. The number of aromatic amines is 1. The maximum absolute atomic E-state index is 5.28. The molecule has 1 aromatic carbocycles. The van der Waals surface area contributed by atoms with Crippen LogP contribution in [0, 0.1) is 5.92 Å². The first-order valence-electron chi connectivity index (χ1n) is 5.84. The molecule has 1 fully saturated rings. The van der Waals surface area contributed by atoms with Crippen LogP contribution in [0.3, 0.4) is 0 Å². The fraction of sp³-hybridized carbons (Fsp3) is 0.462. The van der Waals surface area contributed by atoms with E-state index < -0.39 is 0 Å². The van der Waals surface area contributed by atoms with Crippen LogP contribution in [-0.2, 0) is 0 Å². The Morgan fingerprint density at radius 1 is 1.24 bits per heavy atom. The van der Waals surface area contributed by atoms with Gasteiger partial charge in [-0.15, -0.1) is 0 Å². The molecular formula is C13H16N2O2. The number of benzene rings is 1. The van der Waals surface area contributed by atoms with Crippen LogP contribution in [0.5, 0.6) is 11.5 Å². The number of ether oxygens (including phenoxy) is 2. The number of fused-ring (bicyclic) bond motifs is 1. The smallest absolute Gasteiger partial charge is 0.163 e. The Labute approximate surface area is 100.0 Å². The van der Waals surface area contributed by atoms with Crippen LogP contribution in [-0.4, -0.2) is 24.2 Å². The summed E-state index contributed by atoms with van der Waals surface area (Å²) in [4.78, 5) is 7.99. The SMILES string of the molecule is COc1cc2nc(C3CC3C)[nH]c2cc1OC. The van der Waals surface area contributed by atoms with Crippen molar-refractivity contribution in [2.45, 2.75) is 19.3 Å². The van der Waals surface area contributed by atoms with Crippen molar-refractivity contribution < 1.29 is 9.47 Å². The maximum atomic E-state index is 5.28. The van der Waals surface area contributed by atoms with Gasteiger partial charge in [-0.05, 0) is 12.3 Å². The molecule has 0 bridgehead atoms. The number of nitrogens with one attached hydrogen (secondary N) is 1. The van der Waals surface area contributed by atoms with Gasteiger partial charge in [0.2, 0.25) is 0 Å². The minimum Gasteiger partial charge on any atom is -0.493 e. The number of methoxy groups -OCH3 is 2. The average Bonchev–Trinajstić information content (AvgIpc) is 2.92. The molecule has 1 saturated carbocycles. The van der Waals surface area contributed by atoms with E-state index in [4.69, 9.17) is 9.47 Å². The maximum Gasteiger partial charge on any atom is 0.163 e. The highest BCUT2D eigenvalue weighted by molar-refractivity contribution is 5.80. The van der Waals surface area contributed by atoms with E-state index in [1.54, 1.807) is 14.2 Å². The van der Waals surface area contributed by atoms with Gasteiger partial charge in [0.1, 0.15) is 5.82 Å². The number of hydrogen-bond acceptors (Lipinski definition) is 3.